The maximum Gasteiger partial charge on any atom is 0.213 e. The van der Waals surface area contributed by atoms with Gasteiger partial charge in [0, 0.05) is 31.9 Å². The van der Waals surface area contributed by atoms with E-state index in [1.165, 1.54) is 6.42 Å². The number of nitrogens with zero attached hydrogens (tertiary/aromatic N) is 3. The fraction of sp³-hybridized carbons (Fsp3) is 0.412. The van der Waals surface area contributed by atoms with Crippen molar-refractivity contribution in [2.75, 3.05) is 32.1 Å². The van der Waals surface area contributed by atoms with E-state index < -0.39 is 0 Å². The molecule has 5 nitrogen and oxygen atoms in total. The summed E-state index contributed by atoms with van der Waals surface area (Å²) in [6, 6.07) is 11.9. The fourth-order valence-electron chi connectivity index (χ4n) is 2.83. The van der Waals surface area contributed by atoms with Gasteiger partial charge in [-0.3, -0.25) is 4.90 Å². The number of pyridine rings is 2. The van der Waals surface area contributed by atoms with Crippen LogP contribution < -0.4 is 10.1 Å². The maximum absolute atomic E-state index is 5.18. The minimum atomic E-state index is 0.660. The van der Waals surface area contributed by atoms with Gasteiger partial charge in [-0.2, -0.15) is 0 Å². The van der Waals surface area contributed by atoms with Crippen molar-refractivity contribution < 1.29 is 4.74 Å². The van der Waals surface area contributed by atoms with Gasteiger partial charge in [0.05, 0.1) is 12.8 Å². The average Bonchev–Trinajstić information content (AvgIpc) is 3.01. The van der Waals surface area contributed by atoms with Crippen LogP contribution in [0.4, 0.5) is 5.82 Å². The van der Waals surface area contributed by atoms with Crippen molar-refractivity contribution in [3.8, 4) is 5.88 Å². The molecule has 22 heavy (non-hydrogen) atoms. The minimum absolute atomic E-state index is 0.660. The number of nitrogens with one attached hydrogen (secondary N) is 1. The molecule has 0 amide bonds. The first-order valence-electron chi connectivity index (χ1n) is 7.70. The van der Waals surface area contributed by atoms with E-state index in [1.54, 1.807) is 7.11 Å². The molecule has 1 atom stereocenters. The molecular weight excluding hydrogens is 276 g/mol. The highest BCUT2D eigenvalue weighted by atomic mass is 16.5. The molecule has 0 radical (unpaired) electrons. The Hall–Kier alpha value is -2.14. The van der Waals surface area contributed by atoms with Crippen LogP contribution in [0.25, 0.3) is 0 Å². The molecule has 0 aromatic carbocycles. The van der Waals surface area contributed by atoms with Gasteiger partial charge in [-0.05, 0) is 37.1 Å². The number of anilines is 1. The molecule has 2 aromatic rings. The van der Waals surface area contributed by atoms with Crippen molar-refractivity contribution in [2.24, 2.45) is 5.92 Å². The second kappa shape index (κ2) is 7.22. The van der Waals surface area contributed by atoms with Crippen molar-refractivity contribution in [3.05, 3.63) is 48.3 Å². The predicted molar refractivity (Wildman–Crippen MR) is 86.9 cm³/mol. The van der Waals surface area contributed by atoms with E-state index in [1.807, 2.05) is 36.5 Å². The van der Waals surface area contributed by atoms with Crippen LogP contribution in [0.15, 0.2) is 42.6 Å². The van der Waals surface area contributed by atoms with Crippen molar-refractivity contribution in [2.45, 2.75) is 13.0 Å². The molecule has 0 saturated carbocycles. The first kappa shape index (κ1) is 14.8. The smallest absolute Gasteiger partial charge is 0.213 e. The summed E-state index contributed by atoms with van der Waals surface area (Å²) in [4.78, 5) is 11.2. The van der Waals surface area contributed by atoms with Gasteiger partial charge in [0.2, 0.25) is 5.88 Å². The molecule has 0 unspecified atom stereocenters. The van der Waals surface area contributed by atoms with E-state index in [0.29, 0.717) is 11.8 Å². The molecule has 1 N–H and O–H groups in total. The summed E-state index contributed by atoms with van der Waals surface area (Å²) < 4.78 is 5.18. The van der Waals surface area contributed by atoms with Crippen molar-refractivity contribution in [1.29, 1.82) is 0 Å². The van der Waals surface area contributed by atoms with Crippen LogP contribution in [0, 0.1) is 5.92 Å². The summed E-state index contributed by atoms with van der Waals surface area (Å²) in [7, 11) is 1.65. The molecule has 1 aliphatic rings. The summed E-state index contributed by atoms with van der Waals surface area (Å²) in [5.74, 6) is 2.30. The van der Waals surface area contributed by atoms with Gasteiger partial charge in [-0.25, -0.2) is 9.97 Å². The van der Waals surface area contributed by atoms with Crippen LogP contribution in [0.2, 0.25) is 0 Å². The number of hydrogen-bond acceptors (Lipinski definition) is 5. The van der Waals surface area contributed by atoms with Crippen molar-refractivity contribution in [3.63, 3.8) is 0 Å². The van der Waals surface area contributed by atoms with Crippen LogP contribution >= 0.6 is 0 Å². The molecule has 3 rings (SSSR count). The van der Waals surface area contributed by atoms with E-state index >= 15 is 0 Å². The van der Waals surface area contributed by atoms with Gasteiger partial charge in [0.1, 0.15) is 5.82 Å². The van der Waals surface area contributed by atoms with Crippen molar-refractivity contribution >= 4 is 5.82 Å². The topological polar surface area (TPSA) is 50.3 Å². The molecule has 2 aromatic heterocycles. The quantitative estimate of drug-likeness (QED) is 0.887. The zero-order valence-electron chi connectivity index (χ0n) is 12.9. The Balaban J connectivity index is 1.47. The molecule has 0 aliphatic carbocycles. The largest absolute Gasteiger partial charge is 0.481 e. The average molecular weight is 298 g/mol. The van der Waals surface area contributed by atoms with Crippen LogP contribution in [-0.2, 0) is 6.54 Å². The number of rotatable bonds is 6. The Labute approximate surface area is 131 Å². The summed E-state index contributed by atoms with van der Waals surface area (Å²) in [5, 5.41) is 3.42. The lowest BCUT2D eigenvalue weighted by Gasteiger charge is -2.16. The molecule has 1 aliphatic heterocycles. The fourth-order valence-corrected chi connectivity index (χ4v) is 2.83. The highest BCUT2D eigenvalue weighted by Gasteiger charge is 2.22. The number of likely N-dealkylation sites (tertiary alicyclic amines) is 1. The van der Waals surface area contributed by atoms with Crippen LogP contribution in [-0.4, -0.2) is 41.6 Å². The second-order valence-electron chi connectivity index (χ2n) is 5.66. The molecular formula is C17H22N4O. The monoisotopic (exact) mass is 298 g/mol. The summed E-state index contributed by atoms with van der Waals surface area (Å²) in [5.41, 5.74) is 1.07. The predicted octanol–water partition coefficient (Wildman–Crippen LogP) is 2.42. The van der Waals surface area contributed by atoms with E-state index in [4.69, 9.17) is 4.74 Å². The lowest BCUT2D eigenvalue weighted by Crippen LogP contribution is -2.23. The standard InChI is InChI=1S/C17H22N4O/c1-22-17-7-4-5-15(20-17)13-21-10-8-14(12-21)11-19-16-6-2-3-9-18-16/h2-7,9,14H,8,10-13H2,1H3,(H,18,19)/t14-/m1/s1. The zero-order valence-corrected chi connectivity index (χ0v) is 12.9. The van der Waals surface area contributed by atoms with Gasteiger partial charge in [-0.15, -0.1) is 0 Å². The van der Waals surface area contributed by atoms with Gasteiger partial charge in [0.15, 0.2) is 0 Å². The highest BCUT2D eigenvalue weighted by Crippen LogP contribution is 2.19. The zero-order chi connectivity index (χ0) is 15.2. The lowest BCUT2D eigenvalue weighted by atomic mass is 10.1. The van der Waals surface area contributed by atoms with E-state index in [9.17, 15) is 0 Å². The van der Waals surface area contributed by atoms with Gasteiger partial charge in [-0.1, -0.05) is 12.1 Å². The van der Waals surface area contributed by atoms with E-state index in [0.717, 1.165) is 37.7 Å². The number of ether oxygens (including phenoxy) is 1. The third kappa shape index (κ3) is 3.95. The molecule has 3 heterocycles. The third-order valence-electron chi connectivity index (χ3n) is 3.98. The van der Waals surface area contributed by atoms with E-state index in [-0.39, 0.29) is 0 Å². The first-order valence-corrected chi connectivity index (χ1v) is 7.70. The molecule has 0 spiro atoms. The lowest BCUT2D eigenvalue weighted by molar-refractivity contribution is 0.312. The summed E-state index contributed by atoms with van der Waals surface area (Å²) >= 11 is 0. The van der Waals surface area contributed by atoms with Gasteiger partial charge >= 0.3 is 0 Å². The normalized spacial score (nSPS) is 18.3. The summed E-state index contributed by atoms with van der Waals surface area (Å²) in [6.45, 7) is 4.07. The Morgan fingerprint density at radius 3 is 3.05 bits per heavy atom. The van der Waals surface area contributed by atoms with Gasteiger partial charge < -0.3 is 10.1 Å². The maximum atomic E-state index is 5.18. The van der Waals surface area contributed by atoms with Crippen molar-refractivity contribution in [1.82, 2.24) is 14.9 Å². The van der Waals surface area contributed by atoms with Gasteiger partial charge in [0.25, 0.3) is 0 Å². The Morgan fingerprint density at radius 2 is 2.23 bits per heavy atom. The molecule has 0 bridgehead atoms. The van der Waals surface area contributed by atoms with Crippen LogP contribution in [0.3, 0.4) is 0 Å². The molecule has 1 saturated heterocycles. The Bertz CT molecular complexity index is 590. The molecule has 5 heteroatoms. The summed E-state index contributed by atoms with van der Waals surface area (Å²) in [6.07, 6.45) is 3.03. The molecule has 1 fully saturated rings. The third-order valence-corrected chi connectivity index (χ3v) is 3.98. The number of aromatic nitrogens is 2. The number of methoxy groups -OCH3 is 1. The first-order chi connectivity index (χ1) is 10.8. The highest BCUT2D eigenvalue weighted by molar-refractivity contribution is 5.33. The van der Waals surface area contributed by atoms with E-state index in [2.05, 4.69) is 26.3 Å². The number of hydrogen-bond donors (Lipinski definition) is 1. The Kier molecular flexibility index (Phi) is 4.85. The van der Waals surface area contributed by atoms with Crippen LogP contribution in [0.1, 0.15) is 12.1 Å². The second-order valence-corrected chi connectivity index (χ2v) is 5.66. The minimum Gasteiger partial charge on any atom is -0.481 e. The Morgan fingerprint density at radius 1 is 1.27 bits per heavy atom. The van der Waals surface area contributed by atoms with Crippen LogP contribution in [0.5, 0.6) is 5.88 Å². The molecule has 116 valence electrons. The SMILES string of the molecule is COc1cccc(CN2CC[C@H](CNc3ccccn3)C2)n1.